The summed E-state index contributed by atoms with van der Waals surface area (Å²) in [6.07, 6.45) is 2.07. The number of carbonyl (C=O) groups is 3. The van der Waals surface area contributed by atoms with Crippen LogP contribution in [0, 0.1) is 0 Å². The van der Waals surface area contributed by atoms with Crippen LogP contribution in [-0.2, 0) is 14.4 Å². The Morgan fingerprint density at radius 3 is 1.24 bits per heavy atom. The van der Waals surface area contributed by atoms with Crippen molar-refractivity contribution in [3.8, 4) is 0 Å². The van der Waals surface area contributed by atoms with Gasteiger partial charge in [-0.1, -0.05) is 144 Å². The molecular formula is C45H36Cl2O3. The fourth-order valence-corrected chi connectivity index (χ4v) is 7.09. The third-order valence-corrected chi connectivity index (χ3v) is 10.2. The maximum absolute atomic E-state index is 14.5. The first-order chi connectivity index (χ1) is 24.2. The second-order valence-corrected chi connectivity index (χ2v) is 13.6. The van der Waals surface area contributed by atoms with E-state index in [1.54, 1.807) is 24.3 Å². The van der Waals surface area contributed by atoms with Crippen LogP contribution in [0.15, 0.2) is 145 Å². The van der Waals surface area contributed by atoms with Crippen molar-refractivity contribution in [3.05, 3.63) is 177 Å². The number of hydrogen-bond donors (Lipinski definition) is 0. The van der Waals surface area contributed by atoms with Crippen molar-refractivity contribution >= 4 is 74.2 Å². The van der Waals surface area contributed by atoms with Crippen LogP contribution in [0.5, 0.6) is 0 Å². The normalized spacial score (nSPS) is 13.7. The number of halogens is 2. The highest BCUT2D eigenvalue weighted by atomic mass is 35.5. The maximum atomic E-state index is 14.5. The summed E-state index contributed by atoms with van der Waals surface area (Å²) in [5, 5.41) is 5.46. The Kier molecular flexibility index (Phi) is 10.9. The molecule has 0 radical (unpaired) electrons. The van der Waals surface area contributed by atoms with Gasteiger partial charge in [-0.05, 0) is 81.9 Å². The summed E-state index contributed by atoms with van der Waals surface area (Å²) in [7, 11) is 0. The zero-order valence-electron chi connectivity index (χ0n) is 27.9. The average molecular weight is 696 g/mol. The van der Waals surface area contributed by atoms with Gasteiger partial charge in [-0.15, -0.1) is 0 Å². The van der Waals surface area contributed by atoms with Crippen molar-refractivity contribution in [2.75, 3.05) is 0 Å². The molecule has 0 amide bonds. The van der Waals surface area contributed by atoms with E-state index in [1.165, 1.54) is 0 Å². The van der Waals surface area contributed by atoms with E-state index in [4.69, 9.17) is 23.2 Å². The van der Waals surface area contributed by atoms with Gasteiger partial charge in [0.05, 0.1) is 0 Å². The number of ketones is 1. The molecule has 0 saturated carbocycles. The van der Waals surface area contributed by atoms with E-state index in [0.717, 1.165) is 67.5 Å². The minimum atomic E-state index is -0.369. The molecule has 0 aliphatic heterocycles. The van der Waals surface area contributed by atoms with Gasteiger partial charge in [0.2, 0.25) is 0 Å². The van der Waals surface area contributed by atoms with Gasteiger partial charge in [-0.2, -0.15) is 0 Å². The Bertz CT molecular complexity index is 2100. The molecule has 0 aromatic heterocycles. The van der Waals surface area contributed by atoms with Gasteiger partial charge >= 0.3 is 0 Å². The lowest BCUT2D eigenvalue weighted by atomic mass is 9.79. The van der Waals surface area contributed by atoms with Gasteiger partial charge in [0, 0.05) is 45.9 Å². The first-order valence-electron chi connectivity index (χ1n) is 16.6. The molecular weight excluding hydrogens is 659 g/mol. The number of aldehydes is 2. The Morgan fingerprint density at radius 1 is 0.520 bits per heavy atom. The SMILES string of the molecule is CC(=C(C=O)c1ccc(Cl)cc1)C(CC(=O)CC(C(C)=C(C=O)c1ccc(Cl)cc1)c1ccc2ccccc2c1)c1ccc2ccccc2c1. The van der Waals surface area contributed by atoms with Crippen LogP contribution >= 0.6 is 23.2 Å². The topological polar surface area (TPSA) is 51.2 Å². The zero-order chi connectivity index (χ0) is 35.2. The highest BCUT2D eigenvalue weighted by Crippen LogP contribution is 2.39. The van der Waals surface area contributed by atoms with Crippen LogP contribution < -0.4 is 0 Å². The van der Waals surface area contributed by atoms with Crippen molar-refractivity contribution in [2.45, 2.75) is 38.5 Å². The summed E-state index contributed by atoms with van der Waals surface area (Å²) in [4.78, 5) is 39.8. The molecule has 0 aliphatic rings. The van der Waals surface area contributed by atoms with E-state index in [9.17, 15) is 14.4 Å². The fraction of sp³-hybridized carbons (Fsp3) is 0.133. The van der Waals surface area contributed by atoms with Crippen molar-refractivity contribution < 1.29 is 14.4 Å². The minimum absolute atomic E-state index is 0.0164. The van der Waals surface area contributed by atoms with Crippen LogP contribution in [0.3, 0.4) is 0 Å². The quantitative estimate of drug-likeness (QED) is 0.0946. The Hall–Kier alpha value is -5.09. The third kappa shape index (κ3) is 7.70. The Labute approximate surface area is 302 Å². The van der Waals surface area contributed by atoms with Crippen LogP contribution in [0.2, 0.25) is 10.0 Å². The van der Waals surface area contributed by atoms with Gasteiger partial charge < -0.3 is 0 Å². The smallest absolute Gasteiger partial charge is 0.150 e. The van der Waals surface area contributed by atoms with Gasteiger partial charge in [0.15, 0.2) is 12.6 Å². The number of fused-ring (bicyclic) bond motifs is 2. The number of hydrogen-bond acceptors (Lipinski definition) is 3. The van der Waals surface area contributed by atoms with Gasteiger partial charge in [0.1, 0.15) is 5.78 Å². The van der Waals surface area contributed by atoms with Gasteiger partial charge in [0.25, 0.3) is 0 Å². The van der Waals surface area contributed by atoms with Crippen LogP contribution in [-0.4, -0.2) is 18.4 Å². The molecule has 5 heteroatoms. The largest absolute Gasteiger partial charge is 0.300 e. The number of rotatable bonds is 12. The molecule has 0 fully saturated rings. The fourth-order valence-electron chi connectivity index (χ4n) is 6.84. The van der Waals surface area contributed by atoms with Crippen LogP contribution in [0.25, 0.3) is 32.7 Å². The third-order valence-electron chi connectivity index (χ3n) is 9.66. The van der Waals surface area contributed by atoms with E-state index in [-0.39, 0.29) is 30.5 Å². The molecule has 0 saturated heterocycles. The molecule has 0 N–H and O–H groups in total. The summed E-state index contributed by atoms with van der Waals surface area (Å²) in [5.74, 6) is -0.722. The highest BCUT2D eigenvalue weighted by Gasteiger charge is 2.26. The van der Waals surface area contributed by atoms with Gasteiger partial charge in [-0.3, -0.25) is 14.4 Å². The lowest BCUT2D eigenvalue weighted by Crippen LogP contribution is -2.15. The van der Waals surface area contributed by atoms with E-state index in [1.807, 2.05) is 74.5 Å². The standard InChI is InChI=1S/C45H36Cl2O3/c1-29(44(27-48)33-15-19-39(46)20-16-33)42(37-13-11-31-7-3-5-9-35(31)23-37)25-41(50)26-43(38-14-12-32-8-4-6-10-36(32)24-38)30(2)45(28-49)34-17-21-40(47)22-18-34/h3-24,27-28,42-43H,25-26H2,1-2H3. The number of benzene rings is 6. The molecule has 0 heterocycles. The summed E-state index contributed by atoms with van der Waals surface area (Å²) in [6.45, 7) is 3.87. The number of Topliss-reactive ketones (excluding diaryl/α,β-unsaturated/α-hetero) is 1. The average Bonchev–Trinajstić information content (AvgIpc) is 3.14. The number of carbonyl (C=O) groups excluding carboxylic acids is 3. The molecule has 6 rings (SSSR count). The summed E-state index contributed by atoms with van der Waals surface area (Å²) < 4.78 is 0. The molecule has 2 atom stereocenters. The van der Waals surface area contributed by atoms with Crippen molar-refractivity contribution in [1.82, 2.24) is 0 Å². The second-order valence-electron chi connectivity index (χ2n) is 12.7. The second kappa shape index (κ2) is 15.6. The first kappa shape index (κ1) is 34.8. The number of allylic oxidation sites excluding steroid dienone is 4. The lowest BCUT2D eigenvalue weighted by Gasteiger charge is -2.24. The monoisotopic (exact) mass is 694 g/mol. The molecule has 6 aromatic rings. The Morgan fingerprint density at radius 2 is 0.880 bits per heavy atom. The van der Waals surface area contributed by atoms with Gasteiger partial charge in [-0.25, -0.2) is 0 Å². The molecule has 50 heavy (non-hydrogen) atoms. The summed E-state index contributed by atoms with van der Waals surface area (Å²) in [6, 6.07) is 43.0. The summed E-state index contributed by atoms with van der Waals surface area (Å²) in [5.41, 5.74) is 6.05. The van der Waals surface area contributed by atoms with E-state index in [0.29, 0.717) is 21.2 Å². The van der Waals surface area contributed by atoms with Crippen molar-refractivity contribution in [1.29, 1.82) is 0 Å². The van der Waals surface area contributed by atoms with Crippen LogP contribution in [0.4, 0.5) is 0 Å². The molecule has 2 unspecified atom stereocenters. The minimum Gasteiger partial charge on any atom is -0.300 e. The van der Waals surface area contributed by atoms with E-state index < -0.39 is 0 Å². The molecule has 0 spiro atoms. The molecule has 0 bridgehead atoms. The van der Waals surface area contributed by atoms with E-state index >= 15 is 0 Å². The highest BCUT2D eigenvalue weighted by molar-refractivity contribution is 6.31. The lowest BCUT2D eigenvalue weighted by molar-refractivity contribution is -0.119. The van der Waals surface area contributed by atoms with Crippen molar-refractivity contribution in [2.24, 2.45) is 0 Å². The maximum Gasteiger partial charge on any atom is 0.150 e. The molecule has 0 aliphatic carbocycles. The van der Waals surface area contributed by atoms with Crippen LogP contribution in [0.1, 0.15) is 60.8 Å². The zero-order valence-corrected chi connectivity index (χ0v) is 29.4. The first-order valence-corrected chi connectivity index (χ1v) is 17.3. The van der Waals surface area contributed by atoms with E-state index in [2.05, 4.69) is 48.5 Å². The molecule has 3 nitrogen and oxygen atoms in total. The Balaban J connectivity index is 1.44. The predicted octanol–water partition coefficient (Wildman–Crippen LogP) is 11.9. The van der Waals surface area contributed by atoms with Crippen molar-refractivity contribution in [3.63, 3.8) is 0 Å². The predicted molar refractivity (Wildman–Crippen MR) is 208 cm³/mol. The molecule has 6 aromatic carbocycles. The molecule has 248 valence electrons. The summed E-state index contributed by atoms with van der Waals surface area (Å²) >= 11 is 12.4.